The maximum absolute atomic E-state index is 12.8. The highest BCUT2D eigenvalue weighted by molar-refractivity contribution is 5.87. The molecule has 0 aromatic heterocycles. The van der Waals surface area contributed by atoms with Gasteiger partial charge >= 0.3 is 0 Å². The molecule has 0 saturated carbocycles. The minimum Gasteiger partial charge on any atom is -0.380 e. The molecule has 130 valence electrons. The maximum atomic E-state index is 12.8. The summed E-state index contributed by atoms with van der Waals surface area (Å²) in [5, 5.41) is 3.12. The lowest BCUT2D eigenvalue weighted by atomic mass is 9.82. The van der Waals surface area contributed by atoms with Crippen molar-refractivity contribution >= 4 is 5.91 Å². The average Bonchev–Trinajstić information content (AvgIpc) is 3.15. The summed E-state index contributed by atoms with van der Waals surface area (Å²) >= 11 is 0. The van der Waals surface area contributed by atoms with Crippen LogP contribution in [-0.2, 0) is 16.1 Å². The summed E-state index contributed by atoms with van der Waals surface area (Å²) in [6.07, 6.45) is 2.97. The van der Waals surface area contributed by atoms with Crippen molar-refractivity contribution in [2.24, 2.45) is 0 Å². The van der Waals surface area contributed by atoms with E-state index in [1.54, 1.807) is 0 Å². The lowest BCUT2D eigenvalue weighted by molar-refractivity contribution is -0.142. The first-order valence-electron chi connectivity index (χ1n) is 9.17. The SMILES string of the molecule is O=C1NCCN(Cc2ccccc2)C12CCN([C@H]1CCOC1)CC2. The van der Waals surface area contributed by atoms with Crippen molar-refractivity contribution in [1.82, 2.24) is 15.1 Å². The van der Waals surface area contributed by atoms with Gasteiger partial charge in [0.15, 0.2) is 0 Å². The van der Waals surface area contributed by atoms with Crippen LogP contribution in [0, 0.1) is 0 Å². The fraction of sp³-hybridized carbons (Fsp3) is 0.632. The number of nitrogens with zero attached hydrogens (tertiary/aromatic N) is 2. The molecule has 3 saturated heterocycles. The van der Waals surface area contributed by atoms with E-state index in [0.29, 0.717) is 6.04 Å². The fourth-order valence-corrected chi connectivity index (χ4v) is 4.47. The van der Waals surface area contributed by atoms with Gasteiger partial charge < -0.3 is 10.1 Å². The van der Waals surface area contributed by atoms with Gasteiger partial charge in [-0.15, -0.1) is 0 Å². The summed E-state index contributed by atoms with van der Waals surface area (Å²) in [6.45, 7) is 6.28. The van der Waals surface area contributed by atoms with Crippen molar-refractivity contribution < 1.29 is 9.53 Å². The second-order valence-corrected chi connectivity index (χ2v) is 7.25. The Kier molecular flexibility index (Phi) is 4.57. The van der Waals surface area contributed by atoms with Crippen molar-refractivity contribution in [2.45, 2.75) is 37.4 Å². The van der Waals surface area contributed by atoms with Crippen LogP contribution in [0.2, 0.25) is 0 Å². The smallest absolute Gasteiger partial charge is 0.240 e. The third kappa shape index (κ3) is 2.96. The van der Waals surface area contributed by atoms with Crippen LogP contribution in [0.15, 0.2) is 30.3 Å². The van der Waals surface area contributed by atoms with E-state index in [1.807, 2.05) is 6.07 Å². The molecule has 5 heteroatoms. The minimum atomic E-state index is -0.329. The van der Waals surface area contributed by atoms with Crippen molar-refractivity contribution in [3.8, 4) is 0 Å². The van der Waals surface area contributed by atoms with Crippen LogP contribution in [0.3, 0.4) is 0 Å². The van der Waals surface area contributed by atoms with Gasteiger partial charge in [0.2, 0.25) is 5.91 Å². The van der Waals surface area contributed by atoms with Gasteiger partial charge in [0, 0.05) is 45.4 Å². The summed E-state index contributed by atoms with van der Waals surface area (Å²) in [4.78, 5) is 17.8. The lowest BCUT2D eigenvalue weighted by Crippen LogP contribution is -2.68. The summed E-state index contributed by atoms with van der Waals surface area (Å²) in [5.41, 5.74) is 0.961. The molecule has 3 fully saturated rings. The molecule has 3 aliphatic heterocycles. The standard InChI is InChI=1S/C19H27N3O2/c23-18-19(7-10-21(11-8-19)17-6-13-24-15-17)22(12-9-20-18)14-16-4-2-1-3-5-16/h1-5,17H,6-15H2,(H,20,23)/t17-/m0/s1. The third-order valence-corrected chi connectivity index (χ3v) is 5.96. The van der Waals surface area contributed by atoms with Crippen molar-refractivity contribution in [3.63, 3.8) is 0 Å². The average molecular weight is 329 g/mol. The molecule has 0 unspecified atom stereocenters. The van der Waals surface area contributed by atoms with E-state index in [1.165, 1.54) is 5.56 Å². The van der Waals surface area contributed by atoms with E-state index in [-0.39, 0.29) is 11.4 Å². The van der Waals surface area contributed by atoms with E-state index in [0.717, 1.165) is 65.2 Å². The zero-order valence-electron chi connectivity index (χ0n) is 14.2. The Hall–Kier alpha value is -1.43. The quantitative estimate of drug-likeness (QED) is 0.906. The zero-order chi connectivity index (χ0) is 16.4. The lowest BCUT2D eigenvalue weighted by Gasteiger charge is -2.50. The first-order valence-corrected chi connectivity index (χ1v) is 9.17. The van der Waals surface area contributed by atoms with Crippen LogP contribution in [0.1, 0.15) is 24.8 Å². The van der Waals surface area contributed by atoms with E-state index in [2.05, 4.69) is 39.4 Å². The summed E-state index contributed by atoms with van der Waals surface area (Å²) < 4.78 is 5.54. The highest BCUT2D eigenvalue weighted by Gasteiger charge is 2.48. The van der Waals surface area contributed by atoms with Crippen LogP contribution in [0.4, 0.5) is 0 Å². The van der Waals surface area contributed by atoms with Crippen LogP contribution in [0.25, 0.3) is 0 Å². The Morgan fingerprint density at radius 2 is 1.96 bits per heavy atom. The first-order chi connectivity index (χ1) is 11.8. The topological polar surface area (TPSA) is 44.8 Å². The monoisotopic (exact) mass is 329 g/mol. The molecule has 1 spiro atoms. The number of likely N-dealkylation sites (tertiary alicyclic amines) is 1. The van der Waals surface area contributed by atoms with Crippen LogP contribution in [-0.4, -0.2) is 66.7 Å². The van der Waals surface area contributed by atoms with E-state index >= 15 is 0 Å². The van der Waals surface area contributed by atoms with Gasteiger partial charge in [0.1, 0.15) is 5.54 Å². The second kappa shape index (κ2) is 6.82. The largest absolute Gasteiger partial charge is 0.380 e. The number of rotatable bonds is 3. The molecule has 3 aliphatic rings. The molecule has 1 aromatic rings. The maximum Gasteiger partial charge on any atom is 0.240 e. The van der Waals surface area contributed by atoms with Gasteiger partial charge in [-0.25, -0.2) is 0 Å². The Morgan fingerprint density at radius 3 is 2.67 bits per heavy atom. The number of benzene rings is 1. The molecule has 24 heavy (non-hydrogen) atoms. The number of piperazine rings is 1. The molecule has 1 aromatic carbocycles. The number of ether oxygens (including phenoxy) is 1. The van der Waals surface area contributed by atoms with E-state index in [9.17, 15) is 4.79 Å². The molecule has 3 heterocycles. The van der Waals surface area contributed by atoms with Crippen molar-refractivity contribution in [2.75, 3.05) is 39.4 Å². The number of carbonyl (C=O) groups is 1. The van der Waals surface area contributed by atoms with Gasteiger partial charge in [-0.1, -0.05) is 30.3 Å². The number of piperidine rings is 1. The predicted octanol–water partition coefficient (Wildman–Crippen LogP) is 1.24. The Bertz CT molecular complexity index is 563. The van der Waals surface area contributed by atoms with Gasteiger partial charge in [-0.05, 0) is 24.8 Å². The zero-order valence-corrected chi connectivity index (χ0v) is 14.2. The van der Waals surface area contributed by atoms with Gasteiger partial charge in [0.05, 0.1) is 6.61 Å². The predicted molar refractivity (Wildman–Crippen MR) is 92.6 cm³/mol. The Balaban J connectivity index is 1.48. The number of hydrogen-bond acceptors (Lipinski definition) is 4. The molecule has 0 radical (unpaired) electrons. The Labute approximate surface area is 144 Å². The summed E-state index contributed by atoms with van der Waals surface area (Å²) in [5.74, 6) is 0.229. The van der Waals surface area contributed by atoms with Crippen molar-refractivity contribution in [1.29, 1.82) is 0 Å². The van der Waals surface area contributed by atoms with Crippen molar-refractivity contribution in [3.05, 3.63) is 35.9 Å². The number of nitrogens with one attached hydrogen (secondary N) is 1. The minimum absolute atomic E-state index is 0.229. The normalized spacial score (nSPS) is 28.2. The molecule has 4 rings (SSSR count). The van der Waals surface area contributed by atoms with Gasteiger partial charge in [0.25, 0.3) is 0 Å². The summed E-state index contributed by atoms with van der Waals surface area (Å²) in [7, 11) is 0. The van der Waals surface area contributed by atoms with E-state index in [4.69, 9.17) is 4.74 Å². The molecule has 1 atom stereocenters. The second-order valence-electron chi connectivity index (χ2n) is 7.25. The first kappa shape index (κ1) is 16.1. The van der Waals surface area contributed by atoms with Crippen LogP contribution in [0.5, 0.6) is 0 Å². The third-order valence-electron chi connectivity index (χ3n) is 5.96. The molecule has 0 bridgehead atoms. The molecule has 0 aliphatic carbocycles. The number of hydrogen-bond donors (Lipinski definition) is 1. The van der Waals surface area contributed by atoms with Gasteiger partial charge in [-0.2, -0.15) is 0 Å². The van der Waals surface area contributed by atoms with E-state index < -0.39 is 0 Å². The highest BCUT2D eigenvalue weighted by Crippen LogP contribution is 2.34. The van der Waals surface area contributed by atoms with Crippen LogP contribution >= 0.6 is 0 Å². The molecule has 1 N–H and O–H groups in total. The molecule has 1 amide bonds. The van der Waals surface area contributed by atoms with Crippen LogP contribution < -0.4 is 5.32 Å². The highest BCUT2D eigenvalue weighted by atomic mass is 16.5. The fourth-order valence-electron chi connectivity index (χ4n) is 4.47. The Morgan fingerprint density at radius 1 is 1.17 bits per heavy atom. The molecular formula is C19H27N3O2. The number of amides is 1. The summed E-state index contributed by atoms with van der Waals surface area (Å²) in [6, 6.07) is 11.1. The number of carbonyl (C=O) groups excluding carboxylic acids is 1. The molecule has 5 nitrogen and oxygen atoms in total. The molecular weight excluding hydrogens is 302 g/mol. The van der Waals surface area contributed by atoms with Gasteiger partial charge in [-0.3, -0.25) is 14.6 Å².